The Kier molecular flexibility index (Phi) is 6.73. The highest BCUT2D eigenvalue weighted by atomic mass is 32.2. The van der Waals surface area contributed by atoms with Gasteiger partial charge in [0.2, 0.25) is 10.0 Å². The Hall–Kier alpha value is -1.02. The second-order valence-corrected chi connectivity index (χ2v) is 6.65. The van der Waals surface area contributed by atoms with Crippen LogP contribution in [0.4, 0.5) is 4.39 Å². The summed E-state index contributed by atoms with van der Waals surface area (Å²) >= 11 is 0. The lowest BCUT2D eigenvalue weighted by Crippen LogP contribution is -2.41. The van der Waals surface area contributed by atoms with Crippen LogP contribution in [-0.2, 0) is 21.3 Å². The van der Waals surface area contributed by atoms with E-state index in [1.807, 2.05) is 13.8 Å². The molecule has 7 heteroatoms. The number of hydrogen-bond donors (Lipinski definition) is 1. The van der Waals surface area contributed by atoms with Crippen molar-refractivity contribution in [2.75, 3.05) is 20.3 Å². The highest BCUT2D eigenvalue weighted by Gasteiger charge is 2.30. The van der Waals surface area contributed by atoms with Gasteiger partial charge in [-0.15, -0.1) is 0 Å². The molecule has 1 rings (SSSR count). The summed E-state index contributed by atoms with van der Waals surface area (Å²) in [7, 11) is -2.31. The first-order valence-electron chi connectivity index (χ1n) is 6.88. The molecule has 0 aliphatic carbocycles. The molecule has 5 nitrogen and oxygen atoms in total. The summed E-state index contributed by atoms with van der Waals surface area (Å²) in [6.07, 6.45) is 0.649. The van der Waals surface area contributed by atoms with E-state index in [-0.39, 0.29) is 36.2 Å². The molecule has 0 aliphatic rings. The molecule has 0 aliphatic heterocycles. The number of hydrogen-bond acceptors (Lipinski definition) is 4. The van der Waals surface area contributed by atoms with E-state index in [1.54, 1.807) is 0 Å². The number of ether oxygens (including phenoxy) is 1. The normalized spacial score (nSPS) is 13.6. The molecule has 0 bridgehead atoms. The molecule has 0 spiro atoms. The molecular formula is C14H23FN2O3S. The minimum Gasteiger partial charge on any atom is -0.383 e. The molecule has 1 atom stereocenters. The number of rotatable bonds is 8. The molecule has 0 saturated carbocycles. The van der Waals surface area contributed by atoms with Gasteiger partial charge in [0.25, 0.3) is 0 Å². The van der Waals surface area contributed by atoms with E-state index in [1.165, 1.54) is 29.6 Å². The molecule has 0 amide bonds. The van der Waals surface area contributed by atoms with Crippen LogP contribution in [0.5, 0.6) is 0 Å². The van der Waals surface area contributed by atoms with Crippen LogP contribution in [0.25, 0.3) is 0 Å². The summed E-state index contributed by atoms with van der Waals surface area (Å²) in [5.74, 6) is -0.602. The number of halogens is 1. The average molecular weight is 318 g/mol. The topological polar surface area (TPSA) is 72.6 Å². The smallest absolute Gasteiger partial charge is 0.243 e. The Morgan fingerprint density at radius 2 is 2.10 bits per heavy atom. The van der Waals surface area contributed by atoms with Gasteiger partial charge < -0.3 is 10.5 Å². The summed E-state index contributed by atoms with van der Waals surface area (Å²) in [6.45, 7) is 4.04. The zero-order valence-corrected chi connectivity index (χ0v) is 13.5. The van der Waals surface area contributed by atoms with Crippen molar-refractivity contribution < 1.29 is 17.5 Å². The minimum absolute atomic E-state index is 0.0169. The highest BCUT2D eigenvalue weighted by Crippen LogP contribution is 2.24. The van der Waals surface area contributed by atoms with E-state index in [9.17, 15) is 12.8 Å². The fourth-order valence-corrected chi connectivity index (χ4v) is 4.00. The van der Waals surface area contributed by atoms with Gasteiger partial charge in [-0.1, -0.05) is 13.0 Å². The van der Waals surface area contributed by atoms with E-state index in [0.29, 0.717) is 6.42 Å². The van der Waals surface area contributed by atoms with Gasteiger partial charge in [-0.2, -0.15) is 4.31 Å². The van der Waals surface area contributed by atoms with Crippen molar-refractivity contribution in [2.45, 2.75) is 37.8 Å². The molecule has 1 aromatic rings. The van der Waals surface area contributed by atoms with E-state index in [4.69, 9.17) is 10.5 Å². The van der Waals surface area contributed by atoms with E-state index >= 15 is 0 Å². The Labute approximate surface area is 125 Å². The predicted octanol–water partition coefficient (Wildman–Crippen LogP) is 1.72. The van der Waals surface area contributed by atoms with Gasteiger partial charge in [0, 0.05) is 31.8 Å². The summed E-state index contributed by atoms with van der Waals surface area (Å²) in [5, 5.41) is 0. The molecule has 21 heavy (non-hydrogen) atoms. The predicted molar refractivity (Wildman–Crippen MR) is 79.8 cm³/mol. The maximum atomic E-state index is 13.8. The van der Waals surface area contributed by atoms with E-state index in [0.717, 1.165) is 0 Å². The first kappa shape index (κ1) is 18.0. The van der Waals surface area contributed by atoms with Crippen LogP contribution in [0.15, 0.2) is 23.1 Å². The van der Waals surface area contributed by atoms with Gasteiger partial charge in [-0.3, -0.25) is 0 Å². The molecule has 120 valence electrons. The van der Waals surface area contributed by atoms with E-state index < -0.39 is 15.8 Å². The fourth-order valence-electron chi connectivity index (χ4n) is 2.07. The molecule has 1 aromatic carbocycles. The second-order valence-electron chi connectivity index (χ2n) is 4.79. The van der Waals surface area contributed by atoms with Crippen LogP contribution >= 0.6 is 0 Å². The molecule has 0 fully saturated rings. The van der Waals surface area contributed by atoms with Gasteiger partial charge in [-0.25, -0.2) is 12.8 Å². The Bertz CT molecular complexity index is 563. The van der Waals surface area contributed by atoms with Crippen LogP contribution in [-0.4, -0.2) is 39.0 Å². The molecule has 2 N–H and O–H groups in total. The second kappa shape index (κ2) is 7.84. The number of nitrogens with two attached hydrogens (primary N) is 1. The van der Waals surface area contributed by atoms with Gasteiger partial charge in [0.05, 0.1) is 11.5 Å². The largest absolute Gasteiger partial charge is 0.383 e. The van der Waals surface area contributed by atoms with Crippen LogP contribution < -0.4 is 5.73 Å². The number of sulfonamides is 1. The Balaban J connectivity index is 3.32. The summed E-state index contributed by atoms with van der Waals surface area (Å²) < 4.78 is 45.7. The maximum absolute atomic E-state index is 13.8. The van der Waals surface area contributed by atoms with Crippen molar-refractivity contribution in [3.05, 3.63) is 29.6 Å². The van der Waals surface area contributed by atoms with Gasteiger partial charge in [0.15, 0.2) is 0 Å². The summed E-state index contributed by atoms with van der Waals surface area (Å²) in [5.41, 5.74) is 5.53. The molecule has 0 radical (unpaired) electrons. The van der Waals surface area contributed by atoms with Crippen LogP contribution in [0.2, 0.25) is 0 Å². The molecule has 0 heterocycles. The number of nitrogens with zero attached hydrogens (tertiary/aromatic N) is 1. The lowest BCUT2D eigenvalue weighted by Gasteiger charge is -2.28. The van der Waals surface area contributed by atoms with Crippen LogP contribution in [0, 0.1) is 5.82 Å². The van der Waals surface area contributed by atoms with Gasteiger partial charge in [0.1, 0.15) is 5.82 Å². The third kappa shape index (κ3) is 4.00. The zero-order valence-electron chi connectivity index (χ0n) is 12.7. The zero-order chi connectivity index (χ0) is 16.0. The minimum atomic E-state index is -3.82. The van der Waals surface area contributed by atoms with E-state index in [2.05, 4.69) is 0 Å². The highest BCUT2D eigenvalue weighted by molar-refractivity contribution is 7.89. The van der Waals surface area contributed by atoms with Crippen molar-refractivity contribution in [3.63, 3.8) is 0 Å². The molecule has 0 aromatic heterocycles. The van der Waals surface area contributed by atoms with Crippen molar-refractivity contribution in [1.82, 2.24) is 4.31 Å². The average Bonchev–Trinajstić information content (AvgIpc) is 2.46. The SMILES string of the molecule is CCC(C)N(CCOC)S(=O)(=O)c1cccc(F)c1CN. The Morgan fingerprint density at radius 3 is 2.62 bits per heavy atom. The number of methoxy groups -OCH3 is 1. The molecule has 1 unspecified atom stereocenters. The summed E-state index contributed by atoms with van der Waals surface area (Å²) in [6, 6.07) is 3.78. The first-order chi connectivity index (χ1) is 9.89. The summed E-state index contributed by atoms with van der Waals surface area (Å²) in [4.78, 5) is -0.0681. The van der Waals surface area contributed by atoms with Crippen LogP contribution in [0.1, 0.15) is 25.8 Å². The monoisotopic (exact) mass is 318 g/mol. The lowest BCUT2D eigenvalue weighted by atomic mass is 10.2. The first-order valence-corrected chi connectivity index (χ1v) is 8.32. The quantitative estimate of drug-likeness (QED) is 0.792. The fraction of sp³-hybridized carbons (Fsp3) is 0.571. The number of benzene rings is 1. The molecular weight excluding hydrogens is 295 g/mol. The van der Waals surface area contributed by atoms with Crippen molar-refractivity contribution >= 4 is 10.0 Å². The van der Waals surface area contributed by atoms with Gasteiger partial charge in [-0.05, 0) is 25.5 Å². The van der Waals surface area contributed by atoms with Crippen molar-refractivity contribution in [2.24, 2.45) is 5.73 Å². The maximum Gasteiger partial charge on any atom is 0.243 e. The standard InChI is InChI=1S/C14H23FN2O3S/c1-4-11(2)17(8-9-20-3)21(18,19)14-7-5-6-13(15)12(14)10-16/h5-7,11H,4,8-10,16H2,1-3H3. The lowest BCUT2D eigenvalue weighted by molar-refractivity contribution is 0.167. The van der Waals surface area contributed by atoms with Crippen molar-refractivity contribution in [1.29, 1.82) is 0 Å². The van der Waals surface area contributed by atoms with Crippen molar-refractivity contribution in [3.8, 4) is 0 Å². The third-order valence-electron chi connectivity index (χ3n) is 3.46. The van der Waals surface area contributed by atoms with Gasteiger partial charge >= 0.3 is 0 Å². The Morgan fingerprint density at radius 1 is 1.43 bits per heavy atom. The third-order valence-corrected chi connectivity index (χ3v) is 5.56. The van der Waals surface area contributed by atoms with Crippen LogP contribution in [0.3, 0.4) is 0 Å². The molecule has 0 saturated heterocycles.